The van der Waals surface area contributed by atoms with Crippen LogP contribution in [0.2, 0.25) is 0 Å². The molecule has 0 radical (unpaired) electrons. The molecule has 226 valence electrons. The van der Waals surface area contributed by atoms with E-state index >= 15 is 0 Å². The van der Waals surface area contributed by atoms with E-state index in [1.165, 1.54) is 54.5 Å². The lowest BCUT2D eigenvalue weighted by Crippen LogP contribution is -1.86. The molecule has 0 aliphatic carbocycles. The van der Waals surface area contributed by atoms with Gasteiger partial charge in [0.05, 0.1) is 27.6 Å². The second-order valence-corrected chi connectivity index (χ2v) is 13.2. The van der Waals surface area contributed by atoms with Crippen molar-refractivity contribution < 1.29 is 4.42 Å². The van der Waals surface area contributed by atoms with Crippen molar-refractivity contribution in [3.63, 3.8) is 0 Å². The van der Waals surface area contributed by atoms with Gasteiger partial charge in [0.25, 0.3) is 0 Å². The van der Waals surface area contributed by atoms with E-state index in [0.29, 0.717) is 0 Å². The maximum Gasteiger partial charge on any atom is 0.220 e. The van der Waals surface area contributed by atoms with Gasteiger partial charge in [-0.1, -0.05) is 109 Å². The average molecular weight is 624 g/mol. The van der Waals surface area contributed by atoms with Gasteiger partial charge >= 0.3 is 0 Å². The molecule has 49 heavy (non-hydrogen) atoms. The van der Waals surface area contributed by atoms with Gasteiger partial charge < -0.3 is 4.42 Å². The summed E-state index contributed by atoms with van der Waals surface area (Å²) in [4.78, 5) is 5.29. The van der Waals surface area contributed by atoms with Crippen molar-refractivity contribution in [2.75, 3.05) is 0 Å². The molecule has 0 fully saturated rings. The Labute approximate surface area is 279 Å². The number of furan rings is 1. The van der Waals surface area contributed by atoms with Gasteiger partial charge in [-0.2, -0.15) is 0 Å². The summed E-state index contributed by atoms with van der Waals surface area (Å²) in [5.74, 6) is 0.946. The molecule has 4 aromatic heterocycles. The number of fused-ring (bicyclic) bond motifs is 13. The lowest BCUT2D eigenvalue weighted by atomic mass is 9.97. The highest BCUT2D eigenvalue weighted by Crippen LogP contribution is 2.42. The minimum atomic E-state index is 0.916. The summed E-state index contributed by atoms with van der Waals surface area (Å²) in [7, 11) is 0. The maximum absolute atomic E-state index is 6.38. The largest absolute Gasteiger partial charge is 0.455 e. The number of aromatic nitrogens is 3. The zero-order valence-electron chi connectivity index (χ0n) is 26.2. The number of benzene rings is 8. The summed E-state index contributed by atoms with van der Waals surface area (Å²) in [5.41, 5.74) is 12.1. The summed E-state index contributed by atoms with van der Waals surface area (Å²) in [6.45, 7) is 0. The smallest absolute Gasteiger partial charge is 0.220 e. The molecule has 0 aliphatic rings. The van der Waals surface area contributed by atoms with Gasteiger partial charge in [0.2, 0.25) is 5.78 Å². The van der Waals surface area contributed by atoms with Crippen LogP contribution in [0.5, 0.6) is 0 Å². The van der Waals surface area contributed by atoms with Crippen molar-refractivity contribution in [1.82, 2.24) is 13.8 Å². The highest BCUT2D eigenvalue weighted by molar-refractivity contribution is 6.20. The monoisotopic (exact) mass is 623 g/mol. The third kappa shape index (κ3) is 3.35. The van der Waals surface area contributed by atoms with E-state index in [4.69, 9.17) is 9.40 Å². The predicted molar refractivity (Wildman–Crippen MR) is 203 cm³/mol. The molecule has 0 unspecified atom stereocenters. The fraction of sp³-hybridized carbons (Fsp3) is 0. The standard InChI is InChI=1S/C45H25N3O/c1-3-10-30-23-39-36(20-28(30)8-1)37-21-32(25-41-43(37)48(39)45-46-38-22-29-9-2-4-11-31(29)24-40(38)47(41)45)26-16-18-27(19-17-26)33-13-7-14-35-34-12-5-6-15-42(34)49-44(33)35/h1-25H. The van der Waals surface area contributed by atoms with Crippen molar-refractivity contribution in [3.8, 4) is 22.3 Å². The number of hydrogen-bond acceptors (Lipinski definition) is 2. The summed E-state index contributed by atoms with van der Waals surface area (Å²) in [6.07, 6.45) is 0. The first-order chi connectivity index (χ1) is 24.3. The van der Waals surface area contributed by atoms with E-state index in [1.54, 1.807) is 0 Å². The minimum absolute atomic E-state index is 0.916. The molecule has 0 atom stereocenters. The first kappa shape index (κ1) is 25.4. The highest BCUT2D eigenvalue weighted by atomic mass is 16.3. The topological polar surface area (TPSA) is 34.9 Å². The Balaban J connectivity index is 1.13. The van der Waals surface area contributed by atoms with Gasteiger partial charge in [0.15, 0.2) is 0 Å². The molecule has 0 N–H and O–H groups in total. The summed E-state index contributed by atoms with van der Waals surface area (Å²) in [6, 6.07) is 54.7. The lowest BCUT2D eigenvalue weighted by Gasteiger charge is -2.08. The maximum atomic E-state index is 6.38. The van der Waals surface area contributed by atoms with Crippen LogP contribution in [0, 0.1) is 0 Å². The van der Waals surface area contributed by atoms with Gasteiger partial charge in [-0.3, -0.25) is 8.80 Å². The molecule has 4 heteroatoms. The second kappa shape index (κ2) is 9.03. The summed E-state index contributed by atoms with van der Waals surface area (Å²) in [5, 5.41) is 9.66. The van der Waals surface area contributed by atoms with E-state index in [9.17, 15) is 0 Å². The summed E-state index contributed by atoms with van der Waals surface area (Å²) < 4.78 is 11.1. The quantitative estimate of drug-likeness (QED) is 0.192. The molecule has 4 heterocycles. The van der Waals surface area contributed by atoms with Crippen LogP contribution in [0.15, 0.2) is 156 Å². The normalized spacial score (nSPS) is 12.5. The first-order valence-corrected chi connectivity index (χ1v) is 16.7. The number of nitrogens with zero attached hydrogens (tertiary/aromatic N) is 3. The van der Waals surface area contributed by atoms with Gasteiger partial charge in [-0.15, -0.1) is 0 Å². The third-order valence-corrected chi connectivity index (χ3v) is 10.6. The fourth-order valence-corrected chi connectivity index (χ4v) is 8.31. The van der Waals surface area contributed by atoms with Gasteiger partial charge in [-0.25, -0.2) is 4.98 Å². The van der Waals surface area contributed by atoms with Crippen molar-refractivity contribution in [2.24, 2.45) is 0 Å². The van der Waals surface area contributed by atoms with Crippen LogP contribution in [-0.2, 0) is 0 Å². The van der Waals surface area contributed by atoms with E-state index in [2.05, 4.69) is 148 Å². The Bertz CT molecular complexity index is 3320. The van der Waals surface area contributed by atoms with Crippen LogP contribution < -0.4 is 0 Å². The van der Waals surface area contributed by atoms with Crippen molar-refractivity contribution in [3.05, 3.63) is 152 Å². The Hall–Kier alpha value is -6.65. The number of imidazole rings is 2. The Morgan fingerprint density at radius 1 is 0.429 bits per heavy atom. The zero-order valence-corrected chi connectivity index (χ0v) is 26.2. The average Bonchev–Trinajstić information content (AvgIpc) is 3.89. The molecule has 0 spiro atoms. The van der Waals surface area contributed by atoms with Crippen LogP contribution in [-0.4, -0.2) is 13.8 Å². The molecule has 0 amide bonds. The van der Waals surface area contributed by atoms with E-state index in [-0.39, 0.29) is 0 Å². The second-order valence-electron chi connectivity index (χ2n) is 13.2. The molecule has 0 saturated heterocycles. The number of para-hydroxylation sites is 2. The van der Waals surface area contributed by atoms with Crippen LogP contribution >= 0.6 is 0 Å². The van der Waals surface area contributed by atoms with E-state index in [1.807, 2.05) is 12.1 Å². The molecule has 4 nitrogen and oxygen atoms in total. The van der Waals surface area contributed by atoms with Crippen molar-refractivity contribution in [2.45, 2.75) is 0 Å². The molecule has 12 aromatic rings. The van der Waals surface area contributed by atoms with Gasteiger partial charge in [0.1, 0.15) is 11.2 Å². The van der Waals surface area contributed by atoms with E-state index < -0.39 is 0 Å². The van der Waals surface area contributed by atoms with Crippen LogP contribution in [0.3, 0.4) is 0 Å². The number of hydrogen-bond donors (Lipinski definition) is 0. The Morgan fingerprint density at radius 2 is 1.10 bits per heavy atom. The molecule has 0 bridgehead atoms. The SMILES string of the molecule is c1ccc2cc3c(cc2c1)nc1n3c2cc(-c3ccc(-c4cccc5c4oc4ccccc45)cc3)cc3c4cc5ccccc5cc4n1c32. The van der Waals surface area contributed by atoms with Crippen molar-refractivity contribution >= 4 is 87.6 Å². The Kier molecular flexibility index (Phi) is 4.69. The van der Waals surface area contributed by atoms with Crippen LogP contribution in [0.25, 0.3) is 110 Å². The predicted octanol–water partition coefficient (Wildman–Crippen LogP) is 12.0. The van der Waals surface area contributed by atoms with Crippen LogP contribution in [0.4, 0.5) is 0 Å². The van der Waals surface area contributed by atoms with E-state index in [0.717, 1.165) is 55.4 Å². The molecule has 0 saturated carbocycles. The fourth-order valence-electron chi connectivity index (χ4n) is 8.31. The van der Waals surface area contributed by atoms with Gasteiger partial charge in [-0.05, 0) is 80.7 Å². The highest BCUT2D eigenvalue weighted by Gasteiger charge is 2.23. The Morgan fingerprint density at radius 3 is 1.92 bits per heavy atom. The zero-order chi connectivity index (χ0) is 31.8. The molecule has 8 aromatic carbocycles. The van der Waals surface area contributed by atoms with Gasteiger partial charge in [0, 0.05) is 27.1 Å². The minimum Gasteiger partial charge on any atom is -0.455 e. The van der Waals surface area contributed by atoms with Crippen LogP contribution in [0.1, 0.15) is 0 Å². The molecular formula is C45H25N3O. The first-order valence-electron chi connectivity index (χ1n) is 16.7. The molecule has 12 rings (SSSR count). The molecule has 0 aliphatic heterocycles. The van der Waals surface area contributed by atoms with Crippen molar-refractivity contribution in [1.29, 1.82) is 0 Å². The number of rotatable bonds is 2. The third-order valence-electron chi connectivity index (χ3n) is 10.6. The lowest BCUT2D eigenvalue weighted by molar-refractivity contribution is 0.670. The summed E-state index contributed by atoms with van der Waals surface area (Å²) >= 11 is 0. The molecular weight excluding hydrogens is 599 g/mol.